The summed E-state index contributed by atoms with van der Waals surface area (Å²) in [6.07, 6.45) is -0.268. The van der Waals surface area contributed by atoms with Crippen molar-refractivity contribution in [1.29, 1.82) is 0 Å². The van der Waals surface area contributed by atoms with Crippen LogP contribution in [-0.4, -0.2) is 59.0 Å². The summed E-state index contributed by atoms with van der Waals surface area (Å²) < 4.78 is 0. The van der Waals surface area contributed by atoms with Gasteiger partial charge in [-0.3, -0.25) is 19.7 Å². The molecule has 0 bridgehead atoms. The van der Waals surface area contributed by atoms with Gasteiger partial charge in [0, 0.05) is 30.9 Å². The molecule has 0 fully saturated rings. The molecule has 0 heterocycles. The minimum absolute atomic E-state index is 0.148. The molecule has 0 aliphatic carbocycles. The number of hydrogen-bond donors (Lipinski definition) is 3. The van der Waals surface area contributed by atoms with Crippen molar-refractivity contribution in [3.8, 4) is 0 Å². The summed E-state index contributed by atoms with van der Waals surface area (Å²) in [7, 11) is 0. The number of likely N-dealkylation sites (N-methyl/N-ethyl adjacent to an activating group) is 1. The average Bonchev–Trinajstić information content (AvgIpc) is 2.57. The monoisotopic (exact) mass is 352 g/mol. The fraction of sp³-hybridized carbons (Fsp3) is 0.500. The van der Waals surface area contributed by atoms with Crippen LogP contribution in [0.2, 0.25) is 0 Å². The number of anilines is 1. The number of carbonyl (C=O) groups excluding carboxylic acids is 1. The zero-order valence-corrected chi connectivity index (χ0v) is 14.4. The van der Waals surface area contributed by atoms with E-state index in [4.69, 9.17) is 0 Å². The van der Waals surface area contributed by atoms with E-state index in [-0.39, 0.29) is 17.8 Å². The van der Waals surface area contributed by atoms with Gasteiger partial charge < -0.3 is 20.6 Å². The van der Waals surface area contributed by atoms with Gasteiger partial charge in [-0.05, 0) is 19.2 Å². The number of nitrogens with zero attached hydrogens (tertiary/aromatic N) is 2. The van der Waals surface area contributed by atoms with Crippen molar-refractivity contribution < 1.29 is 19.6 Å². The number of carbonyl (C=O) groups is 2. The minimum atomic E-state index is -1.12. The Morgan fingerprint density at radius 1 is 1.32 bits per heavy atom. The lowest BCUT2D eigenvalue weighted by atomic mass is 10.2. The molecule has 1 atom stereocenters. The molecule has 3 N–H and O–H groups in total. The standard InChI is InChI=1S/C16H24N4O5/c1-3-19(4-2)9-8-17-14(16(22)23)11-15(21)18-12-6-5-7-13(10-12)20(24)25/h5-7,10,14,17H,3-4,8-9,11H2,1-2H3,(H,18,21)(H,22,23)/t14-/m1/s1. The molecule has 1 amide bonds. The number of amides is 1. The molecule has 1 aromatic rings. The second kappa shape index (κ2) is 10.4. The van der Waals surface area contributed by atoms with Crippen molar-refractivity contribution in [2.24, 2.45) is 0 Å². The highest BCUT2D eigenvalue weighted by atomic mass is 16.6. The van der Waals surface area contributed by atoms with E-state index in [0.717, 1.165) is 13.1 Å². The zero-order chi connectivity index (χ0) is 18.8. The molecule has 9 nitrogen and oxygen atoms in total. The van der Waals surface area contributed by atoms with E-state index in [1.54, 1.807) is 0 Å². The van der Waals surface area contributed by atoms with Gasteiger partial charge in [-0.2, -0.15) is 0 Å². The Bertz CT molecular complexity index is 604. The van der Waals surface area contributed by atoms with Crippen molar-refractivity contribution >= 4 is 23.3 Å². The van der Waals surface area contributed by atoms with Gasteiger partial charge in [0.1, 0.15) is 6.04 Å². The van der Waals surface area contributed by atoms with Crippen molar-refractivity contribution in [2.75, 3.05) is 31.5 Å². The first kappa shape index (κ1) is 20.5. The van der Waals surface area contributed by atoms with Crippen molar-refractivity contribution in [1.82, 2.24) is 10.2 Å². The summed E-state index contributed by atoms with van der Waals surface area (Å²) >= 11 is 0. The molecule has 138 valence electrons. The van der Waals surface area contributed by atoms with Crippen LogP contribution in [0.4, 0.5) is 11.4 Å². The summed E-state index contributed by atoms with van der Waals surface area (Å²) in [5.74, 6) is -1.64. The van der Waals surface area contributed by atoms with Crippen LogP contribution in [0, 0.1) is 10.1 Å². The van der Waals surface area contributed by atoms with Crippen molar-refractivity contribution in [3.05, 3.63) is 34.4 Å². The number of carboxylic acids is 1. The number of hydrogen-bond acceptors (Lipinski definition) is 6. The van der Waals surface area contributed by atoms with Gasteiger partial charge in [0.25, 0.3) is 5.69 Å². The fourth-order valence-electron chi connectivity index (χ4n) is 2.28. The van der Waals surface area contributed by atoms with Gasteiger partial charge in [-0.1, -0.05) is 19.9 Å². The molecule has 0 spiro atoms. The number of non-ortho nitro benzene ring substituents is 1. The van der Waals surface area contributed by atoms with E-state index in [2.05, 4.69) is 15.5 Å². The highest BCUT2D eigenvalue weighted by Crippen LogP contribution is 2.17. The first-order chi connectivity index (χ1) is 11.9. The third-order valence-electron chi connectivity index (χ3n) is 3.74. The van der Waals surface area contributed by atoms with E-state index in [1.165, 1.54) is 24.3 Å². The molecule has 0 saturated heterocycles. The first-order valence-corrected chi connectivity index (χ1v) is 8.10. The molecule has 0 aromatic heterocycles. The SMILES string of the molecule is CCN(CC)CCN[C@H](CC(=O)Nc1cccc([N+](=O)[O-])c1)C(=O)O. The van der Waals surface area contributed by atoms with Crippen LogP contribution in [0.25, 0.3) is 0 Å². The van der Waals surface area contributed by atoms with Gasteiger partial charge >= 0.3 is 5.97 Å². The van der Waals surface area contributed by atoms with Crippen molar-refractivity contribution in [3.63, 3.8) is 0 Å². The van der Waals surface area contributed by atoms with Crippen LogP contribution in [-0.2, 0) is 9.59 Å². The lowest BCUT2D eigenvalue weighted by Crippen LogP contribution is -2.43. The average molecular weight is 352 g/mol. The van der Waals surface area contributed by atoms with Crippen LogP contribution in [0.3, 0.4) is 0 Å². The van der Waals surface area contributed by atoms with E-state index >= 15 is 0 Å². The topological polar surface area (TPSA) is 125 Å². The van der Waals surface area contributed by atoms with E-state index in [0.29, 0.717) is 13.1 Å². The molecule has 9 heteroatoms. The van der Waals surface area contributed by atoms with Crippen LogP contribution in [0.1, 0.15) is 20.3 Å². The Morgan fingerprint density at radius 2 is 2.00 bits per heavy atom. The number of nitro groups is 1. The number of aliphatic carboxylic acids is 1. The Kier molecular flexibility index (Phi) is 8.51. The highest BCUT2D eigenvalue weighted by molar-refractivity contribution is 5.94. The molecule has 25 heavy (non-hydrogen) atoms. The Balaban J connectivity index is 2.57. The molecule has 0 radical (unpaired) electrons. The number of carboxylic acid groups (broad SMARTS) is 1. The number of benzene rings is 1. The summed E-state index contributed by atoms with van der Waals surface area (Å²) in [5.41, 5.74) is 0.108. The molecule has 0 aliphatic heterocycles. The van der Waals surface area contributed by atoms with Crippen LogP contribution in [0.15, 0.2) is 24.3 Å². The molecular formula is C16H24N4O5. The Morgan fingerprint density at radius 3 is 2.56 bits per heavy atom. The Hall–Kier alpha value is -2.52. The van der Waals surface area contributed by atoms with Gasteiger partial charge in [-0.15, -0.1) is 0 Å². The molecule has 1 rings (SSSR count). The maximum atomic E-state index is 12.0. The predicted octanol–water partition coefficient (Wildman–Crippen LogP) is 1.31. The minimum Gasteiger partial charge on any atom is -0.480 e. The first-order valence-electron chi connectivity index (χ1n) is 8.10. The summed E-state index contributed by atoms with van der Waals surface area (Å²) in [5, 5.41) is 25.3. The molecule has 0 aliphatic rings. The fourth-order valence-corrected chi connectivity index (χ4v) is 2.28. The Labute approximate surface area is 146 Å². The quantitative estimate of drug-likeness (QED) is 0.405. The van der Waals surface area contributed by atoms with Gasteiger partial charge in [0.05, 0.1) is 11.3 Å². The second-order valence-corrected chi connectivity index (χ2v) is 5.43. The second-order valence-electron chi connectivity index (χ2n) is 5.43. The summed E-state index contributed by atoms with van der Waals surface area (Å²) in [6, 6.07) is 4.47. The maximum absolute atomic E-state index is 12.0. The third kappa shape index (κ3) is 7.27. The molecule has 1 aromatic carbocycles. The normalized spacial score (nSPS) is 12.0. The molecule has 0 unspecified atom stereocenters. The number of nitro benzene ring substituents is 1. The number of rotatable bonds is 11. The largest absolute Gasteiger partial charge is 0.480 e. The predicted molar refractivity (Wildman–Crippen MR) is 93.6 cm³/mol. The van der Waals surface area contributed by atoms with Crippen LogP contribution in [0.5, 0.6) is 0 Å². The van der Waals surface area contributed by atoms with E-state index < -0.39 is 22.8 Å². The van der Waals surface area contributed by atoms with Gasteiger partial charge in [0.15, 0.2) is 0 Å². The number of nitrogens with one attached hydrogen (secondary N) is 2. The van der Waals surface area contributed by atoms with Gasteiger partial charge in [-0.25, -0.2) is 0 Å². The lowest BCUT2D eigenvalue weighted by Gasteiger charge is -2.20. The lowest BCUT2D eigenvalue weighted by molar-refractivity contribution is -0.384. The van der Waals surface area contributed by atoms with E-state index in [1.807, 2.05) is 13.8 Å². The molecule has 0 saturated carbocycles. The summed E-state index contributed by atoms with van der Waals surface area (Å²) in [6.45, 7) is 6.90. The van der Waals surface area contributed by atoms with E-state index in [9.17, 15) is 24.8 Å². The van der Waals surface area contributed by atoms with Crippen LogP contribution >= 0.6 is 0 Å². The summed E-state index contributed by atoms with van der Waals surface area (Å²) in [4.78, 5) is 35.6. The van der Waals surface area contributed by atoms with Gasteiger partial charge in [0.2, 0.25) is 5.91 Å². The molecular weight excluding hydrogens is 328 g/mol. The maximum Gasteiger partial charge on any atom is 0.321 e. The third-order valence-corrected chi connectivity index (χ3v) is 3.74. The van der Waals surface area contributed by atoms with Crippen molar-refractivity contribution in [2.45, 2.75) is 26.3 Å². The highest BCUT2D eigenvalue weighted by Gasteiger charge is 2.21. The smallest absolute Gasteiger partial charge is 0.321 e. The zero-order valence-electron chi connectivity index (χ0n) is 14.4. The van der Waals surface area contributed by atoms with Crippen LogP contribution < -0.4 is 10.6 Å².